The lowest BCUT2D eigenvalue weighted by molar-refractivity contribution is -0.440. The summed E-state index contributed by atoms with van der Waals surface area (Å²) in [4.78, 5) is 23.2. The molecule has 0 radical (unpaired) electrons. The molecule has 0 saturated carbocycles. The normalized spacial score (nSPS) is 14.9. The van der Waals surface area contributed by atoms with E-state index < -0.39 is 41.2 Å². The molecule has 0 amide bonds. The van der Waals surface area contributed by atoms with Crippen LogP contribution in [0.3, 0.4) is 0 Å². The molecular formula is C15H18F3NO4. The highest BCUT2D eigenvalue weighted by Gasteiger charge is 2.36. The number of carboxylic acids is 1. The number of carbonyl (C=O) groups is 2. The van der Waals surface area contributed by atoms with Crippen LogP contribution in [0.15, 0.2) is 24.3 Å². The third kappa shape index (κ3) is 5.24. The van der Waals surface area contributed by atoms with Gasteiger partial charge in [-0.1, -0.05) is 12.1 Å². The lowest BCUT2D eigenvalue weighted by Crippen LogP contribution is -2.62. The van der Waals surface area contributed by atoms with Crippen LogP contribution >= 0.6 is 0 Å². The third-order valence-corrected chi connectivity index (χ3v) is 2.98. The molecule has 0 saturated heterocycles. The van der Waals surface area contributed by atoms with Crippen molar-refractivity contribution in [3.63, 3.8) is 0 Å². The van der Waals surface area contributed by atoms with E-state index in [0.29, 0.717) is 0 Å². The van der Waals surface area contributed by atoms with Gasteiger partial charge in [-0.3, -0.25) is 4.79 Å². The first kappa shape index (κ1) is 19.0. The first-order valence-corrected chi connectivity index (χ1v) is 6.77. The zero-order chi connectivity index (χ0) is 18.0. The lowest BCUT2D eigenvalue weighted by atomic mass is 9.93. The molecule has 5 nitrogen and oxygen atoms in total. The first-order chi connectivity index (χ1) is 10.3. The van der Waals surface area contributed by atoms with Crippen LogP contribution in [0.2, 0.25) is 0 Å². The van der Waals surface area contributed by atoms with E-state index in [1.165, 1.54) is 0 Å². The Morgan fingerprint density at radius 1 is 1.13 bits per heavy atom. The average molecular weight is 333 g/mol. The fourth-order valence-electron chi connectivity index (χ4n) is 1.90. The molecule has 2 atom stereocenters. The van der Waals surface area contributed by atoms with Crippen molar-refractivity contribution in [2.24, 2.45) is 5.92 Å². The molecule has 3 N–H and O–H groups in total. The second kappa shape index (κ2) is 6.57. The molecule has 8 heteroatoms. The Balaban J connectivity index is 3.05. The standard InChI is InChI=1S/C15H18F3NO4/c1-14(2,3)23-13(22)10(12(20)21)11(19)8-4-6-9(7-5-8)15(16,17)18/h4-7,10-11H,19H2,1-3H3,(H,20,21)/t10-,11+/m0/s1. The van der Waals surface area contributed by atoms with Crippen molar-refractivity contribution in [2.45, 2.75) is 38.6 Å². The van der Waals surface area contributed by atoms with E-state index in [1.54, 1.807) is 20.8 Å². The maximum atomic E-state index is 12.5. The minimum absolute atomic E-state index is 0.165. The molecule has 0 spiro atoms. The molecule has 23 heavy (non-hydrogen) atoms. The molecule has 1 aromatic carbocycles. The number of hydrogen-bond acceptors (Lipinski definition) is 4. The van der Waals surface area contributed by atoms with E-state index in [1.807, 2.05) is 0 Å². The minimum Gasteiger partial charge on any atom is -0.549 e. The number of aliphatic carboxylic acids is 1. The molecule has 0 heterocycles. The van der Waals surface area contributed by atoms with Gasteiger partial charge in [0.15, 0.2) is 5.92 Å². The van der Waals surface area contributed by atoms with Gasteiger partial charge in [-0.25, -0.2) is 0 Å². The van der Waals surface area contributed by atoms with Gasteiger partial charge in [0.2, 0.25) is 0 Å². The summed E-state index contributed by atoms with van der Waals surface area (Å²) in [7, 11) is 0. The Hall–Kier alpha value is -2.09. The highest BCUT2D eigenvalue weighted by molar-refractivity contribution is 5.94. The summed E-state index contributed by atoms with van der Waals surface area (Å²) >= 11 is 0. The number of benzene rings is 1. The first-order valence-electron chi connectivity index (χ1n) is 6.77. The smallest absolute Gasteiger partial charge is 0.416 e. The fraction of sp³-hybridized carbons (Fsp3) is 0.467. The van der Waals surface area contributed by atoms with Crippen LogP contribution in [0.4, 0.5) is 13.2 Å². The lowest BCUT2D eigenvalue weighted by Gasteiger charge is -2.26. The van der Waals surface area contributed by atoms with Crippen LogP contribution in [0, 0.1) is 5.92 Å². The molecular weight excluding hydrogens is 315 g/mol. The van der Waals surface area contributed by atoms with Crippen molar-refractivity contribution in [3.05, 3.63) is 35.4 Å². The summed E-state index contributed by atoms with van der Waals surface area (Å²) in [5.74, 6) is -4.46. The number of carbonyl (C=O) groups excluding carboxylic acids is 2. The summed E-state index contributed by atoms with van der Waals surface area (Å²) in [6.45, 7) is 4.69. The maximum Gasteiger partial charge on any atom is 0.416 e. The summed E-state index contributed by atoms with van der Waals surface area (Å²) in [6.07, 6.45) is -4.51. The number of esters is 1. The van der Waals surface area contributed by atoms with Gasteiger partial charge in [-0.2, -0.15) is 13.2 Å². The molecule has 0 bridgehead atoms. The zero-order valence-corrected chi connectivity index (χ0v) is 12.9. The monoisotopic (exact) mass is 333 g/mol. The number of rotatable bonds is 4. The average Bonchev–Trinajstić information content (AvgIpc) is 2.35. The molecule has 0 aromatic heterocycles. The van der Waals surface area contributed by atoms with Gasteiger partial charge in [0.1, 0.15) is 11.6 Å². The number of alkyl halides is 3. The largest absolute Gasteiger partial charge is 0.549 e. The van der Waals surface area contributed by atoms with Crippen LogP contribution in [-0.2, 0) is 20.5 Å². The molecule has 0 aliphatic heterocycles. The molecule has 1 rings (SSSR count). The predicted molar refractivity (Wildman–Crippen MR) is 71.4 cm³/mol. The van der Waals surface area contributed by atoms with Gasteiger partial charge >= 0.3 is 12.1 Å². The summed E-state index contributed by atoms with van der Waals surface area (Å²) < 4.78 is 42.6. The van der Waals surface area contributed by atoms with Gasteiger partial charge in [-0.15, -0.1) is 0 Å². The molecule has 0 aliphatic carbocycles. The predicted octanol–water partition coefficient (Wildman–Crippen LogP) is 0.696. The van der Waals surface area contributed by atoms with Crippen molar-refractivity contribution >= 4 is 11.9 Å². The highest BCUT2D eigenvalue weighted by atomic mass is 19.4. The van der Waals surface area contributed by atoms with Crippen molar-refractivity contribution in [3.8, 4) is 0 Å². The molecule has 0 aliphatic rings. The molecule has 1 aromatic rings. The highest BCUT2D eigenvalue weighted by Crippen LogP contribution is 2.30. The number of halogens is 3. The number of carboxylic acid groups (broad SMARTS) is 1. The Morgan fingerprint density at radius 2 is 1.61 bits per heavy atom. The van der Waals surface area contributed by atoms with Crippen LogP contribution in [-0.4, -0.2) is 17.5 Å². The van der Waals surface area contributed by atoms with E-state index >= 15 is 0 Å². The second-order valence-electron chi connectivity index (χ2n) is 6.06. The van der Waals surface area contributed by atoms with Crippen LogP contribution < -0.4 is 10.8 Å². The fourth-order valence-corrected chi connectivity index (χ4v) is 1.90. The van der Waals surface area contributed by atoms with Crippen LogP contribution in [0.25, 0.3) is 0 Å². The van der Waals surface area contributed by atoms with Crippen molar-refractivity contribution in [1.82, 2.24) is 0 Å². The third-order valence-electron chi connectivity index (χ3n) is 2.98. The van der Waals surface area contributed by atoms with Crippen molar-refractivity contribution < 1.29 is 38.3 Å². The zero-order valence-electron chi connectivity index (χ0n) is 12.9. The van der Waals surface area contributed by atoms with Crippen molar-refractivity contribution in [2.75, 3.05) is 0 Å². The Morgan fingerprint density at radius 3 is 1.96 bits per heavy atom. The van der Waals surface area contributed by atoms with Crippen LogP contribution in [0.5, 0.6) is 0 Å². The molecule has 128 valence electrons. The maximum absolute atomic E-state index is 12.5. The van der Waals surface area contributed by atoms with Gasteiger partial charge in [0.25, 0.3) is 0 Å². The van der Waals surface area contributed by atoms with Crippen molar-refractivity contribution in [1.29, 1.82) is 0 Å². The summed E-state index contributed by atoms with van der Waals surface area (Å²) in [5.41, 5.74) is 1.94. The minimum atomic E-state index is -4.51. The Kier molecular flexibility index (Phi) is 5.42. The summed E-state index contributed by atoms with van der Waals surface area (Å²) in [6, 6.07) is 2.63. The van der Waals surface area contributed by atoms with Crippen LogP contribution in [0.1, 0.15) is 37.9 Å². The number of ether oxygens (including phenoxy) is 1. The SMILES string of the molecule is CC(C)(C)OC(=O)[C@H](C(=O)[O-])[C@H]([NH3+])c1ccc(C(F)(F)F)cc1. The number of hydrogen-bond donors (Lipinski definition) is 1. The second-order valence-corrected chi connectivity index (χ2v) is 6.06. The number of quaternary nitrogens is 1. The van der Waals surface area contributed by atoms with Gasteiger partial charge in [0, 0.05) is 5.56 Å². The van der Waals surface area contributed by atoms with Gasteiger partial charge in [-0.05, 0) is 32.9 Å². The topological polar surface area (TPSA) is 94.1 Å². The van der Waals surface area contributed by atoms with E-state index in [0.717, 1.165) is 24.3 Å². The quantitative estimate of drug-likeness (QED) is 0.648. The summed E-state index contributed by atoms with van der Waals surface area (Å²) in [5, 5.41) is 11.2. The Labute approximate surface area is 131 Å². The van der Waals surface area contributed by atoms with Gasteiger partial charge < -0.3 is 20.4 Å². The van der Waals surface area contributed by atoms with E-state index in [-0.39, 0.29) is 5.56 Å². The van der Waals surface area contributed by atoms with E-state index in [9.17, 15) is 27.9 Å². The Bertz CT molecular complexity index is 576. The molecule has 0 fully saturated rings. The van der Waals surface area contributed by atoms with E-state index in [2.05, 4.69) is 5.73 Å². The van der Waals surface area contributed by atoms with Gasteiger partial charge in [0.05, 0.1) is 11.5 Å². The van der Waals surface area contributed by atoms with E-state index in [4.69, 9.17) is 4.74 Å². The molecule has 0 unspecified atom stereocenters.